The first-order chi connectivity index (χ1) is 17.4. The molecule has 1 amide bonds. The SMILES string of the molecule is Cc1csc(Nc2nccc(-c3ccc(OC[C@](C)(CC(C)C)NC(=O)OC(C)(C)C)c(C#N)c3)n2)n1. The van der Waals surface area contributed by atoms with E-state index in [1.54, 1.807) is 24.4 Å². The van der Waals surface area contributed by atoms with Crippen molar-refractivity contribution in [1.82, 2.24) is 20.3 Å². The number of carbonyl (C=O) groups is 1. The first-order valence-electron chi connectivity index (χ1n) is 12.1. The van der Waals surface area contributed by atoms with Crippen LogP contribution in [0.2, 0.25) is 0 Å². The quantitative estimate of drug-likeness (QED) is 0.339. The Kier molecular flexibility index (Phi) is 8.71. The average molecular weight is 523 g/mol. The molecule has 2 N–H and O–H groups in total. The van der Waals surface area contributed by atoms with Gasteiger partial charge in [0.15, 0.2) is 5.13 Å². The van der Waals surface area contributed by atoms with Gasteiger partial charge in [-0.1, -0.05) is 13.8 Å². The van der Waals surface area contributed by atoms with Crippen LogP contribution < -0.4 is 15.4 Å². The van der Waals surface area contributed by atoms with E-state index < -0.39 is 17.2 Å². The van der Waals surface area contributed by atoms with Crippen LogP contribution in [-0.4, -0.2) is 38.8 Å². The number of carbonyl (C=O) groups excluding carboxylic acids is 1. The molecule has 0 spiro atoms. The fraction of sp³-hybridized carbons (Fsp3) is 0.444. The summed E-state index contributed by atoms with van der Waals surface area (Å²) in [5.74, 6) is 1.15. The molecule has 0 bridgehead atoms. The number of thiazole rings is 1. The van der Waals surface area contributed by atoms with Crippen LogP contribution in [-0.2, 0) is 4.74 Å². The van der Waals surface area contributed by atoms with Gasteiger partial charge in [0.05, 0.1) is 22.5 Å². The topological polar surface area (TPSA) is 122 Å². The van der Waals surface area contributed by atoms with E-state index in [1.807, 2.05) is 46.1 Å². The molecule has 1 atom stereocenters. The summed E-state index contributed by atoms with van der Waals surface area (Å²) in [6.45, 7) is 13.6. The fourth-order valence-corrected chi connectivity index (χ4v) is 4.51. The van der Waals surface area contributed by atoms with Gasteiger partial charge in [-0.3, -0.25) is 0 Å². The first kappa shape index (κ1) is 27.9. The molecule has 3 aromatic rings. The Morgan fingerprint density at radius 2 is 1.95 bits per heavy atom. The smallest absolute Gasteiger partial charge is 0.408 e. The van der Waals surface area contributed by atoms with Crippen LogP contribution in [0, 0.1) is 24.2 Å². The van der Waals surface area contributed by atoms with Crippen LogP contribution in [0.5, 0.6) is 5.75 Å². The molecule has 1 aromatic carbocycles. The van der Waals surface area contributed by atoms with Crippen LogP contribution in [0.15, 0.2) is 35.8 Å². The lowest BCUT2D eigenvalue weighted by Gasteiger charge is -2.33. The summed E-state index contributed by atoms with van der Waals surface area (Å²) in [7, 11) is 0. The van der Waals surface area contributed by atoms with E-state index in [0.717, 1.165) is 11.3 Å². The summed E-state index contributed by atoms with van der Waals surface area (Å²) in [5, 5.41) is 18.5. The van der Waals surface area contributed by atoms with E-state index in [2.05, 4.69) is 45.5 Å². The van der Waals surface area contributed by atoms with Crippen molar-refractivity contribution >= 4 is 28.5 Å². The van der Waals surface area contributed by atoms with Gasteiger partial charge in [0.25, 0.3) is 0 Å². The number of anilines is 2. The fourth-order valence-electron chi connectivity index (χ4n) is 3.82. The van der Waals surface area contributed by atoms with Crippen molar-refractivity contribution in [3.05, 3.63) is 47.1 Å². The second kappa shape index (κ2) is 11.6. The van der Waals surface area contributed by atoms with Crippen LogP contribution in [0.25, 0.3) is 11.3 Å². The summed E-state index contributed by atoms with van der Waals surface area (Å²) in [4.78, 5) is 25.7. The minimum absolute atomic E-state index is 0.174. The summed E-state index contributed by atoms with van der Waals surface area (Å²) < 4.78 is 11.5. The molecule has 0 radical (unpaired) electrons. The van der Waals surface area contributed by atoms with Crippen molar-refractivity contribution in [2.75, 3.05) is 11.9 Å². The van der Waals surface area contributed by atoms with Gasteiger partial charge in [-0.05, 0) is 71.2 Å². The molecule has 0 unspecified atom stereocenters. The molecule has 2 heterocycles. The van der Waals surface area contributed by atoms with Gasteiger partial charge in [0.1, 0.15) is 24.0 Å². The zero-order valence-electron chi connectivity index (χ0n) is 22.4. The highest BCUT2D eigenvalue weighted by Gasteiger charge is 2.31. The van der Waals surface area contributed by atoms with Crippen molar-refractivity contribution in [2.45, 2.75) is 66.0 Å². The lowest BCUT2D eigenvalue weighted by atomic mass is 9.91. The van der Waals surface area contributed by atoms with Crippen LogP contribution in [0.1, 0.15) is 59.2 Å². The number of aromatic nitrogens is 3. The molecule has 0 aliphatic carbocycles. The highest BCUT2D eigenvalue weighted by molar-refractivity contribution is 7.13. The van der Waals surface area contributed by atoms with Gasteiger partial charge < -0.3 is 20.1 Å². The van der Waals surface area contributed by atoms with Crippen molar-refractivity contribution < 1.29 is 14.3 Å². The van der Waals surface area contributed by atoms with Crippen molar-refractivity contribution in [3.63, 3.8) is 0 Å². The molecule has 0 saturated carbocycles. The van der Waals surface area contributed by atoms with Crippen LogP contribution >= 0.6 is 11.3 Å². The van der Waals surface area contributed by atoms with E-state index in [9.17, 15) is 10.1 Å². The maximum absolute atomic E-state index is 12.5. The van der Waals surface area contributed by atoms with E-state index in [4.69, 9.17) is 9.47 Å². The van der Waals surface area contributed by atoms with E-state index in [0.29, 0.717) is 40.4 Å². The number of nitrogens with one attached hydrogen (secondary N) is 2. The molecular weight excluding hydrogens is 488 g/mol. The Hall–Kier alpha value is -3.71. The molecule has 0 aliphatic rings. The molecule has 0 fully saturated rings. The highest BCUT2D eigenvalue weighted by atomic mass is 32.1. The number of amides is 1. The summed E-state index contributed by atoms with van der Waals surface area (Å²) in [5.41, 5.74) is 1.40. The Bertz CT molecular complexity index is 1280. The third kappa shape index (κ3) is 8.43. The number of rotatable bonds is 9. The number of hydrogen-bond acceptors (Lipinski definition) is 9. The highest BCUT2D eigenvalue weighted by Crippen LogP contribution is 2.28. The van der Waals surface area contributed by atoms with Gasteiger partial charge in [-0.25, -0.2) is 19.7 Å². The number of nitriles is 1. The summed E-state index contributed by atoms with van der Waals surface area (Å²) in [6, 6.07) is 9.31. The molecule has 0 aliphatic heterocycles. The molecular formula is C27H34N6O3S. The monoisotopic (exact) mass is 522 g/mol. The van der Waals surface area contributed by atoms with Gasteiger partial charge in [-0.2, -0.15) is 5.26 Å². The average Bonchev–Trinajstić information content (AvgIpc) is 3.20. The Labute approximate surface area is 222 Å². The Balaban J connectivity index is 1.76. The Morgan fingerprint density at radius 3 is 2.57 bits per heavy atom. The third-order valence-corrected chi connectivity index (χ3v) is 5.97. The first-order valence-corrected chi connectivity index (χ1v) is 12.9. The van der Waals surface area contributed by atoms with Crippen molar-refractivity contribution in [3.8, 4) is 23.1 Å². The number of ether oxygens (including phenoxy) is 2. The molecule has 9 nitrogen and oxygen atoms in total. The maximum Gasteiger partial charge on any atom is 0.408 e. The Morgan fingerprint density at radius 1 is 1.19 bits per heavy atom. The summed E-state index contributed by atoms with van der Waals surface area (Å²) in [6.07, 6.45) is 1.82. The number of alkyl carbamates (subject to hydrolysis) is 1. The molecule has 3 rings (SSSR count). The van der Waals surface area contributed by atoms with Gasteiger partial charge in [-0.15, -0.1) is 11.3 Å². The normalized spacial score (nSPS) is 12.9. The lowest BCUT2D eigenvalue weighted by molar-refractivity contribution is 0.0408. The number of benzene rings is 1. The second-order valence-electron chi connectivity index (χ2n) is 10.6. The maximum atomic E-state index is 12.5. The minimum atomic E-state index is -0.691. The van der Waals surface area contributed by atoms with Gasteiger partial charge in [0, 0.05) is 17.1 Å². The molecule has 0 saturated heterocycles. The minimum Gasteiger partial charge on any atom is -0.490 e. The summed E-state index contributed by atoms with van der Waals surface area (Å²) >= 11 is 1.48. The standard InChI is InChI=1S/C27H34N6O3S/c1-17(2)13-27(7,33-25(34)36-26(4,5)6)16-35-22-9-8-19(12-20(22)14-28)21-10-11-29-23(31-21)32-24-30-18(3)15-37-24/h8-12,15,17H,13,16H2,1-7H3,(H,33,34)(H,29,30,31,32)/t27-/m0/s1. The molecule has 10 heteroatoms. The zero-order chi connectivity index (χ0) is 27.2. The van der Waals surface area contributed by atoms with Crippen LogP contribution in [0.4, 0.5) is 15.9 Å². The van der Waals surface area contributed by atoms with E-state index in [1.165, 1.54) is 11.3 Å². The second-order valence-corrected chi connectivity index (χ2v) is 11.4. The van der Waals surface area contributed by atoms with Crippen molar-refractivity contribution in [2.24, 2.45) is 5.92 Å². The lowest BCUT2D eigenvalue weighted by Crippen LogP contribution is -2.52. The van der Waals surface area contributed by atoms with Gasteiger partial charge in [0.2, 0.25) is 5.95 Å². The van der Waals surface area contributed by atoms with Crippen LogP contribution in [0.3, 0.4) is 0 Å². The third-order valence-electron chi connectivity index (χ3n) is 5.10. The number of hydrogen-bond donors (Lipinski definition) is 2. The molecule has 196 valence electrons. The van der Waals surface area contributed by atoms with Gasteiger partial charge >= 0.3 is 6.09 Å². The molecule has 2 aromatic heterocycles. The number of nitrogens with zero attached hydrogens (tertiary/aromatic N) is 4. The van der Waals surface area contributed by atoms with E-state index >= 15 is 0 Å². The predicted molar refractivity (Wildman–Crippen MR) is 145 cm³/mol. The predicted octanol–water partition coefficient (Wildman–Crippen LogP) is 6.23. The largest absolute Gasteiger partial charge is 0.490 e. The number of aryl methyl sites for hydroxylation is 1. The van der Waals surface area contributed by atoms with Crippen molar-refractivity contribution in [1.29, 1.82) is 5.26 Å². The zero-order valence-corrected chi connectivity index (χ0v) is 23.2. The molecule has 37 heavy (non-hydrogen) atoms. The van der Waals surface area contributed by atoms with E-state index in [-0.39, 0.29) is 6.61 Å².